The third-order valence-electron chi connectivity index (χ3n) is 4.88. The SMILES string of the molecule is CSC[C@@H]1[C@H]2CC[C@](C)([C@H](C)C2)[C@@H]1O. The Morgan fingerprint density at radius 3 is 2.79 bits per heavy atom. The van der Waals surface area contributed by atoms with Gasteiger partial charge in [0, 0.05) is 0 Å². The molecular formula is C12H22OS. The summed E-state index contributed by atoms with van der Waals surface area (Å²) in [5, 5.41) is 10.4. The third-order valence-corrected chi connectivity index (χ3v) is 5.60. The van der Waals surface area contributed by atoms with Gasteiger partial charge in [-0.1, -0.05) is 13.8 Å². The van der Waals surface area contributed by atoms with E-state index in [-0.39, 0.29) is 11.5 Å². The van der Waals surface area contributed by atoms with Crippen molar-refractivity contribution in [2.45, 2.75) is 39.2 Å². The molecule has 3 saturated carbocycles. The molecule has 0 aliphatic heterocycles. The van der Waals surface area contributed by atoms with Gasteiger partial charge in [-0.25, -0.2) is 0 Å². The molecule has 3 rings (SSSR count). The summed E-state index contributed by atoms with van der Waals surface area (Å²) in [7, 11) is 0. The molecular weight excluding hydrogens is 192 g/mol. The van der Waals surface area contributed by atoms with Gasteiger partial charge in [-0.2, -0.15) is 11.8 Å². The lowest BCUT2D eigenvalue weighted by molar-refractivity contribution is -0.135. The maximum atomic E-state index is 10.4. The van der Waals surface area contributed by atoms with Gasteiger partial charge in [0.05, 0.1) is 6.10 Å². The van der Waals surface area contributed by atoms with Crippen molar-refractivity contribution in [3.05, 3.63) is 0 Å². The van der Waals surface area contributed by atoms with Crippen LogP contribution in [0, 0.1) is 23.2 Å². The highest BCUT2D eigenvalue weighted by Crippen LogP contribution is 2.56. The molecule has 0 saturated heterocycles. The Kier molecular flexibility index (Phi) is 2.87. The zero-order valence-electron chi connectivity index (χ0n) is 9.49. The summed E-state index contributed by atoms with van der Waals surface area (Å²) in [4.78, 5) is 0. The lowest BCUT2D eigenvalue weighted by Gasteiger charge is -2.56. The van der Waals surface area contributed by atoms with Crippen LogP contribution in [0.25, 0.3) is 0 Å². The molecule has 14 heavy (non-hydrogen) atoms. The van der Waals surface area contributed by atoms with E-state index in [0.717, 1.165) is 11.7 Å². The largest absolute Gasteiger partial charge is 0.392 e. The number of hydrogen-bond donors (Lipinski definition) is 1. The van der Waals surface area contributed by atoms with Crippen molar-refractivity contribution in [1.29, 1.82) is 0 Å². The molecule has 0 unspecified atom stereocenters. The number of thioether (sulfide) groups is 1. The number of rotatable bonds is 2. The highest BCUT2D eigenvalue weighted by Gasteiger charge is 2.53. The van der Waals surface area contributed by atoms with E-state index in [0.29, 0.717) is 11.8 Å². The summed E-state index contributed by atoms with van der Waals surface area (Å²) in [6, 6.07) is 0. The fraction of sp³-hybridized carbons (Fsp3) is 1.00. The Morgan fingerprint density at radius 1 is 1.50 bits per heavy atom. The van der Waals surface area contributed by atoms with Gasteiger partial charge in [0.2, 0.25) is 0 Å². The first-order chi connectivity index (χ1) is 6.59. The summed E-state index contributed by atoms with van der Waals surface area (Å²) >= 11 is 1.89. The number of aliphatic hydroxyl groups is 1. The van der Waals surface area contributed by atoms with E-state index in [1.807, 2.05) is 11.8 Å². The van der Waals surface area contributed by atoms with Crippen LogP contribution in [0.1, 0.15) is 33.1 Å². The lowest BCUT2D eigenvalue weighted by Crippen LogP contribution is -2.55. The molecule has 0 aromatic heterocycles. The fourth-order valence-electron chi connectivity index (χ4n) is 3.58. The van der Waals surface area contributed by atoms with Gasteiger partial charge >= 0.3 is 0 Å². The predicted molar refractivity (Wildman–Crippen MR) is 62.5 cm³/mol. The van der Waals surface area contributed by atoms with Crippen LogP contribution in [0.2, 0.25) is 0 Å². The van der Waals surface area contributed by atoms with Gasteiger partial charge in [-0.05, 0) is 54.4 Å². The van der Waals surface area contributed by atoms with Crippen molar-refractivity contribution in [2.24, 2.45) is 23.2 Å². The Bertz CT molecular complexity index is 218. The van der Waals surface area contributed by atoms with Crippen LogP contribution in [0.4, 0.5) is 0 Å². The number of hydrogen-bond acceptors (Lipinski definition) is 2. The van der Waals surface area contributed by atoms with Crippen molar-refractivity contribution in [3.63, 3.8) is 0 Å². The van der Waals surface area contributed by atoms with Gasteiger partial charge in [0.25, 0.3) is 0 Å². The maximum Gasteiger partial charge on any atom is 0.0634 e. The van der Waals surface area contributed by atoms with Crippen LogP contribution < -0.4 is 0 Å². The highest BCUT2D eigenvalue weighted by molar-refractivity contribution is 7.98. The molecule has 3 aliphatic carbocycles. The van der Waals surface area contributed by atoms with Crippen LogP contribution in [-0.2, 0) is 0 Å². The van der Waals surface area contributed by atoms with Crippen LogP contribution in [-0.4, -0.2) is 23.2 Å². The van der Waals surface area contributed by atoms with E-state index >= 15 is 0 Å². The van der Waals surface area contributed by atoms with Gasteiger partial charge in [0.15, 0.2) is 0 Å². The standard InChI is InChI=1S/C12H22OS/c1-8-6-9-4-5-12(8,2)11(13)10(9)7-14-3/h8-11,13H,4-7H2,1-3H3/t8-,9+,10-,11-,12-/m1/s1. The molecule has 3 fully saturated rings. The average Bonchev–Trinajstić information content (AvgIpc) is 2.16. The summed E-state index contributed by atoms with van der Waals surface area (Å²) in [5.74, 6) is 3.23. The molecule has 0 aromatic carbocycles. The van der Waals surface area contributed by atoms with E-state index < -0.39 is 0 Å². The molecule has 0 radical (unpaired) electrons. The molecule has 1 N–H and O–H groups in total. The van der Waals surface area contributed by atoms with Crippen molar-refractivity contribution < 1.29 is 5.11 Å². The number of fused-ring (bicyclic) bond motifs is 3. The summed E-state index contributed by atoms with van der Waals surface area (Å²) in [5.41, 5.74) is 0.217. The normalized spacial score (nSPS) is 52.3. The van der Waals surface area contributed by atoms with Crippen molar-refractivity contribution >= 4 is 11.8 Å². The van der Waals surface area contributed by atoms with Crippen LogP contribution >= 0.6 is 11.8 Å². The zero-order chi connectivity index (χ0) is 10.3. The molecule has 3 aliphatic rings. The summed E-state index contributed by atoms with van der Waals surface area (Å²) in [6.07, 6.45) is 6.05. The Hall–Kier alpha value is 0.310. The second-order valence-corrected chi connectivity index (χ2v) is 6.42. The maximum absolute atomic E-state index is 10.4. The minimum Gasteiger partial charge on any atom is -0.392 e. The third kappa shape index (κ3) is 1.42. The van der Waals surface area contributed by atoms with Gasteiger partial charge in [-0.3, -0.25) is 0 Å². The second kappa shape index (κ2) is 3.71. The minimum absolute atomic E-state index is 0.0440. The molecule has 5 atom stereocenters. The first-order valence-corrected chi connectivity index (χ1v) is 7.16. The number of aliphatic hydroxyl groups excluding tert-OH is 1. The Balaban J connectivity index is 2.18. The summed E-state index contributed by atoms with van der Waals surface area (Å²) < 4.78 is 0. The van der Waals surface area contributed by atoms with Crippen molar-refractivity contribution in [1.82, 2.24) is 0 Å². The molecule has 2 bridgehead atoms. The topological polar surface area (TPSA) is 20.2 Å². The molecule has 0 amide bonds. The molecule has 1 nitrogen and oxygen atoms in total. The Morgan fingerprint density at radius 2 is 2.21 bits per heavy atom. The molecule has 0 spiro atoms. The molecule has 2 heteroatoms. The van der Waals surface area contributed by atoms with Crippen molar-refractivity contribution in [2.75, 3.05) is 12.0 Å². The van der Waals surface area contributed by atoms with E-state index in [4.69, 9.17) is 0 Å². The van der Waals surface area contributed by atoms with Crippen molar-refractivity contribution in [3.8, 4) is 0 Å². The molecule has 0 heterocycles. The fourth-order valence-corrected chi connectivity index (χ4v) is 4.42. The smallest absolute Gasteiger partial charge is 0.0634 e. The lowest BCUT2D eigenvalue weighted by atomic mass is 9.51. The van der Waals surface area contributed by atoms with E-state index in [1.54, 1.807) is 0 Å². The average molecular weight is 214 g/mol. The zero-order valence-corrected chi connectivity index (χ0v) is 10.3. The van der Waals surface area contributed by atoms with Gasteiger partial charge < -0.3 is 5.11 Å². The summed E-state index contributed by atoms with van der Waals surface area (Å²) in [6.45, 7) is 4.62. The van der Waals surface area contributed by atoms with Gasteiger partial charge in [-0.15, -0.1) is 0 Å². The monoisotopic (exact) mass is 214 g/mol. The quantitative estimate of drug-likeness (QED) is 0.763. The van der Waals surface area contributed by atoms with E-state index in [2.05, 4.69) is 20.1 Å². The van der Waals surface area contributed by atoms with E-state index in [1.165, 1.54) is 19.3 Å². The van der Waals surface area contributed by atoms with E-state index in [9.17, 15) is 5.11 Å². The van der Waals surface area contributed by atoms with Crippen LogP contribution in [0.5, 0.6) is 0 Å². The first kappa shape index (κ1) is 10.8. The predicted octanol–water partition coefficient (Wildman–Crippen LogP) is 2.78. The minimum atomic E-state index is -0.0440. The molecule has 82 valence electrons. The first-order valence-electron chi connectivity index (χ1n) is 5.76. The highest BCUT2D eigenvalue weighted by atomic mass is 32.2. The Labute approximate surface area is 91.7 Å². The van der Waals surface area contributed by atoms with Crippen LogP contribution in [0.3, 0.4) is 0 Å². The van der Waals surface area contributed by atoms with Gasteiger partial charge in [0.1, 0.15) is 0 Å². The van der Waals surface area contributed by atoms with Crippen LogP contribution in [0.15, 0.2) is 0 Å². The molecule has 0 aromatic rings. The second-order valence-electron chi connectivity index (χ2n) is 5.51.